The van der Waals surface area contributed by atoms with Crippen LogP contribution in [0.15, 0.2) is 42.6 Å². The summed E-state index contributed by atoms with van der Waals surface area (Å²) >= 11 is 6.20. The van der Waals surface area contributed by atoms with E-state index in [2.05, 4.69) is 20.9 Å². The van der Waals surface area contributed by atoms with Crippen LogP contribution in [0.25, 0.3) is 10.9 Å². The highest BCUT2D eigenvalue weighted by Crippen LogP contribution is 2.36. The lowest BCUT2D eigenvalue weighted by atomic mass is 10.1. The highest BCUT2D eigenvalue weighted by atomic mass is 35.5. The molecule has 0 radical (unpaired) electrons. The highest BCUT2D eigenvalue weighted by molar-refractivity contribution is 6.33. The molecule has 3 amide bonds. The number of hydrogen-bond donors (Lipinski definition) is 4. The summed E-state index contributed by atoms with van der Waals surface area (Å²) in [5.74, 6) is 0.487. The fourth-order valence-corrected chi connectivity index (χ4v) is 2.73. The molecule has 28 heavy (non-hydrogen) atoms. The van der Waals surface area contributed by atoms with Gasteiger partial charge in [-0.2, -0.15) is 0 Å². The molecular weight excluding hydrogens is 384 g/mol. The van der Waals surface area contributed by atoms with E-state index < -0.39 is 0 Å². The van der Waals surface area contributed by atoms with Crippen molar-refractivity contribution in [3.05, 3.63) is 47.6 Å². The Kier molecular flexibility index (Phi) is 5.51. The summed E-state index contributed by atoms with van der Waals surface area (Å²) in [5, 5.41) is 18.5. The molecular formula is C19H17ClN4O4. The molecule has 1 aromatic heterocycles. The van der Waals surface area contributed by atoms with Gasteiger partial charge in [-0.05, 0) is 24.3 Å². The van der Waals surface area contributed by atoms with Crippen LogP contribution in [-0.4, -0.2) is 29.1 Å². The number of ether oxygens (including phenoxy) is 1. The number of fused-ring (bicyclic) bond motifs is 1. The fraction of sp³-hybridized carbons (Fsp3) is 0.105. The number of urea groups is 1. The molecule has 0 atom stereocenters. The second-order valence-corrected chi connectivity index (χ2v) is 6.23. The number of halogens is 1. The van der Waals surface area contributed by atoms with Gasteiger partial charge in [-0.15, -0.1) is 0 Å². The molecule has 3 aromatic rings. The average molecular weight is 401 g/mol. The van der Waals surface area contributed by atoms with Crippen LogP contribution in [0, 0.1) is 0 Å². The number of phenolic OH excluding ortho intramolecular Hbond substituents is 1. The SMILES string of the molecule is CNC(=O)Nc1ccc(Oc2ccnc3cc(O)c(NC(C)=O)cc23)cc1Cl. The van der Waals surface area contributed by atoms with Crippen molar-refractivity contribution in [1.82, 2.24) is 10.3 Å². The molecule has 0 aliphatic rings. The zero-order valence-corrected chi connectivity index (χ0v) is 15.8. The maximum Gasteiger partial charge on any atom is 0.319 e. The van der Waals surface area contributed by atoms with Crippen LogP contribution in [0.4, 0.5) is 16.2 Å². The number of hydrogen-bond acceptors (Lipinski definition) is 5. The van der Waals surface area contributed by atoms with Gasteiger partial charge in [0.05, 0.1) is 21.9 Å². The van der Waals surface area contributed by atoms with Gasteiger partial charge in [0.2, 0.25) is 5.91 Å². The van der Waals surface area contributed by atoms with Gasteiger partial charge in [-0.25, -0.2) is 4.79 Å². The lowest BCUT2D eigenvalue weighted by molar-refractivity contribution is -0.114. The average Bonchev–Trinajstić information content (AvgIpc) is 2.64. The minimum Gasteiger partial charge on any atom is -0.506 e. The predicted octanol–water partition coefficient (Wildman–Crippen LogP) is 4.10. The van der Waals surface area contributed by atoms with Gasteiger partial charge in [0.25, 0.3) is 0 Å². The summed E-state index contributed by atoms with van der Waals surface area (Å²) < 4.78 is 5.91. The normalized spacial score (nSPS) is 10.4. The van der Waals surface area contributed by atoms with E-state index >= 15 is 0 Å². The van der Waals surface area contributed by atoms with E-state index in [4.69, 9.17) is 16.3 Å². The summed E-state index contributed by atoms with van der Waals surface area (Å²) in [5.41, 5.74) is 1.18. The van der Waals surface area contributed by atoms with E-state index in [1.807, 2.05) is 0 Å². The van der Waals surface area contributed by atoms with Crippen molar-refractivity contribution in [2.24, 2.45) is 0 Å². The number of amides is 3. The van der Waals surface area contributed by atoms with Gasteiger partial charge in [0.15, 0.2) is 0 Å². The lowest BCUT2D eigenvalue weighted by Crippen LogP contribution is -2.24. The van der Waals surface area contributed by atoms with Gasteiger partial charge in [-0.1, -0.05) is 11.6 Å². The van der Waals surface area contributed by atoms with Crippen LogP contribution >= 0.6 is 11.6 Å². The van der Waals surface area contributed by atoms with Crippen molar-refractivity contribution in [2.45, 2.75) is 6.92 Å². The molecule has 0 spiro atoms. The Morgan fingerprint density at radius 1 is 1.11 bits per heavy atom. The molecule has 3 rings (SSSR count). The lowest BCUT2D eigenvalue weighted by Gasteiger charge is -2.13. The molecule has 0 aliphatic heterocycles. The first-order valence-electron chi connectivity index (χ1n) is 8.23. The third-order valence-corrected chi connectivity index (χ3v) is 4.09. The summed E-state index contributed by atoms with van der Waals surface area (Å²) in [7, 11) is 1.50. The number of nitrogens with one attached hydrogen (secondary N) is 3. The molecule has 2 aromatic carbocycles. The quantitative estimate of drug-likeness (QED) is 0.492. The van der Waals surface area contributed by atoms with Crippen molar-refractivity contribution < 1.29 is 19.4 Å². The minimum absolute atomic E-state index is 0.0972. The van der Waals surface area contributed by atoms with Crippen LogP contribution in [0.1, 0.15) is 6.92 Å². The Labute approximate surface area is 165 Å². The number of benzene rings is 2. The molecule has 0 aliphatic carbocycles. The van der Waals surface area contributed by atoms with Crippen LogP contribution in [0.5, 0.6) is 17.2 Å². The van der Waals surface area contributed by atoms with E-state index in [0.717, 1.165) is 0 Å². The minimum atomic E-state index is -0.388. The second-order valence-electron chi connectivity index (χ2n) is 5.82. The number of rotatable bonds is 4. The van der Waals surface area contributed by atoms with Crippen molar-refractivity contribution in [2.75, 3.05) is 17.7 Å². The van der Waals surface area contributed by atoms with Crippen LogP contribution < -0.4 is 20.7 Å². The topological polar surface area (TPSA) is 113 Å². The van der Waals surface area contributed by atoms with E-state index in [1.54, 1.807) is 30.3 Å². The van der Waals surface area contributed by atoms with Crippen molar-refractivity contribution >= 4 is 45.8 Å². The number of nitrogens with zero attached hydrogens (tertiary/aromatic N) is 1. The Balaban J connectivity index is 1.94. The van der Waals surface area contributed by atoms with E-state index in [0.29, 0.717) is 33.1 Å². The predicted molar refractivity (Wildman–Crippen MR) is 107 cm³/mol. The fourth-order valence-electron chi connectivity index (χ4n) is 2.51. The third-order valence-electron chi connectivity index (χ3n) is 3.77. The summed E-state index contributed by atoms with van der Waals surface area (Å²) in [4.78, 5) is 27.0. The largest absolute Gasteiger partial charge is 0.506 e. The third kappa shape index (κ3) is 4.24. The van der Waals surface area contributed by atoms with Crippen molar-refractivity contribution in [1.29, 1.82) is 0 Å². The Bertz CT molecular complexity index is 1070. The number of carbonyl (C=O) groups excluding carboxylic acids is 2. The Hall–Kier alpha value is -3.52. The van der Waals surface area contributed by atoms with Crippen LogP contribution in [-0.2, 0) is 4.79 Å². The molecule has 9 heteroatoms. The Morgan fingerprint density at radius 2 is 1.89 bits per heavy atom. The van der Waals surface area contributed by atoms with Gasteiger partial charge >= 0.3 is 6.03 Å². The molecule has 0 fully saturated rings. The molecule has 1 heterocycles. The van der Waals surface area contributed by atoms with Gasteiger partial charge in [-0.3, -0.25) is 9.78 Å². The monoisotopic (exact) mass is 400 g/mol. The van der Waals surface area contributed by atoms with Gasteiger partial charge in [0, 0.05) is 37.7 Å². The zero-order valence-electron chi connectivity index (χ0n) is 15.0. The van der Waals surface area contributed by atoms with E-state index in [1.165, 1.54) is 26.2 Å². The molecule has 0 saturated carbocycles. The molecule has 0 unspecified atom stereocenters. The van der Waals surface area contributed by atoms with Gasteiger partial charge in [0.1, 0.15) is 17.2 Å². The first kappa shape index (κ1) is 19.2. The molecule has 0 saturated heterocycles. The Morgan fingerprint density at radius 3 is 2.57 bits per heavy atom. The first-order chi connectivity index (χ1) is 13.4. The number of phenols is 1. The molecule has 8 nitrogen and oxygen atoms in total. The number of pyridine rings is 1. The number of aromatic hydroxyl groups is 1. The zero-order chi connectivity index (χ0) is 20.3. The van der Waals surface area contributed by atoms with Crippen molar-refractivity contribution in [3.8, 4) is 17.2 Å². The van der Waals surface area contributed by atoms with Crippen LogP contribution in [0.2, 0.25) is 5.02 Å². The van der Waals surface area contributed by atoms with Crippen molar-refractivity contribution in [3.63, 3.8) is 0 Å². The van der Waals surface area contributed by atoms with Gasteiger partial charge < -0.3 is 25.8 Å². The molecule has 144 valence electrons. The highest BCUT2D eigenvalue weighted by Gasteiger charge is 2.12. The van der Waals surface area contributed by atoms with E-state index in [9.17, 15) is 14.7 Å². The smallest absolute Gasteiger partial charge is 0.319 e. The standard InChI is InChI=1S/C19H17ClN4O4/c1-10(25)23-16-8-12-15(9-17(16)26)22-6-5-18(12)28-11-3-4-14(13(20)7-11)24-19(27)21-2/h3-9,26H,1-2H3,(H,23,25)(H2,21,24,27). The maximum absolute atomic E-state index is 11.4. The summed E-state index contributed by atoms with van der Waals surface area (Å²) in [6.45, 7) is 1.35. The number of aromatic nitrogens is 1. The first-order valence-corrected chi connectivity index (χ1v) is 8.60. The van der Waals surface area contributed by atoms with E-state index in [-0.39, 0.29) is 23.4 Å². The maximum atomic E-state index is 11.4. The molecule has 4 N–H and O–H groups in total. The number of carbonyl (C=O) groups is 2. The second kappa shape index (κ2) is 8.01. The number of anilines is 2. The summed E-state index contributed by atoms with van der Waals surface area (Å²) in [6, 6.07) is 9.12. The van der Waals surface area contributed by atoms with Crippen LogP contribution in [0.3, 0.4) is 0 Å². The molecule has 0 bridgehead atoms. The summed E-state index contributed by atoms with van der Waals surface area (Å²) in [6.07, 6.45) is 1.54.